The minimum absolute atomic E-state index is 0.429. The molecule has 1 unspecified atom stereocenters. The number of benzene rings is 2. The minimum atomic E-state index is -0.452. The monoisotopic (exact) mass is 339 g/mol. The highest BCUT2D eigenvalue weighted by atomic mass is 16.3. The summed E-state index contributed by atoms with van der Waals surface area (Å²) < 4.78 is 0. The van der Waals surface area contributed by atoms with Crippen molar-refractivity contribution in [1.29, 1.82) is 0 Å². The molecule has 0 aliphatic heterocycles. The number of nitrogens with zero attached hydrogens (tertiary/aromatic N) is 1. The van der Waals surface area contributed by atoms with Crippen molar-refractivity contribution < 1.29 is 5.11 Å². The van der Waals surface area contributed by atoms with Crippen LogP contribution in [0.15, 0.2) is 36.4 Å². The van der Waals surface area contributed by atoms with Gasteiger partial charge < -0.3 is 5.11 Å². The average molecular weight is 340 g/mol. The van der Waals surface area contributed by atoms with Gasteiger partial charge in [0.15, 0.2) is 0 Å². The van der Waals surface area contributed by atoms with E-state index in [0.717, 1.165) is 5.56 Å². The molecule has 2 heteroatoms. The first-order chi connectivity index (χ1) is 12.0. The van der Waals surface area contributed by atoms with Gasteiger partial charge in [-0.15, -0.1) is 0 Å². The lowest BCUT2D eigenvalue weighted by Crippen LogP contribution is -2.39. The van der Waals surface area contributed by atoms with Crippen LogP contribution >= 0.6 is 0 Å². The van der Waals surface area contributed by atoms with E-state index in [1.807, 2.05) is 0 Å². The van der Waals surface area contributed by atoms with E-state index in [9.17, 15) is 5.11 Å². The summed E-state index contributed by atoms with van der Waals surface area (Å²) in [7, 11) is 0. The SMILES string of the molecule is CC(C)N(CC(O)c1ccc(C2CCCC2)c2ccccc12)C(C)C. The highest BCUT2D eigenvalue weighted by Crippen LogP contribution is 2.39. The van der Waals surface area contributed by atoms with Gasteiger partial charge in [0.1, 0.15) is 0 Å². The van der Waals surface area contributed by atoms with Gasteiger partial charge in [0.25, 0.3) is 0 Å². The Kier molecular flexibility index (Phi) is 5.81. The van der Waals surface area contributed by atoms with E-state index in [1.54, 1.807) is 0 Å². The summed E-state index contributed by atoms with van der Waals surface area (Å²) in [4.78, 5) is 2.37. The molecule has 0 radical (unpaired) electrons. The van der Waals surface area contributed by atoms with E-state index < -0.39 is 6.10 Å². The van der Waals surface area contributed by atoms with E-state index in [4.69, 9.17) is 0 Å². The second-order valence-corrected chi connectivity index (χ2v) is 8.17. The molecule has 1 atom stereocenters. The Morgan fingerprint density at radius 1 is 0.920 bits per heavy atom. The summed E-state index contributed by atoms with van der Waals surface area (Å²) >= 11 is 0. The van der Waals surface area contributed by atoms with Crippen molar-refractivity contribution in [1.82, 2.24) is 4.90 Å². The molecular formula is C23H33NO. The Bertz CT molecular complexity index is 692. The molecule has 136 valence electrons. The third-order valence-corrected chi connectivity index (χ3v) is 5.86. The Hall–Kier alpha value is -1.38. The molecule has 0 amide bonds. The summed E-state index contributed by atoms with van der Waals surface area (Å²) in [5.41, 5.74) is 2.55. The third kappa shape index (κ3) is 3.91. The Morgan fingerprint density at radius 3 is 2.12 bits per heavy atom. The molecule has 0 spiro atoms. The normalized spacial score (nSPS) is 17.3. The second kappa shape index (κ2) is 7.88. The molecule has 2 aromatic carbocycles. The van der Waals surface area contributed by atoms with Gasteiger partial charge in [-0.1, -0.05) is 49.2 Å². The highest BCUT2D eigenvalue weighted by molar-refractivity contribution is 5.89. The van der Waals surface area contributed by atoms with Gasteiger partial charge in [-0.05, 0) is 68.4 Å². The molecule has 25 heavy (non-hydrogen) atoms. The predicted octanol–water partition coefficient (Wildman–Crippen LogP) is 5.65. The molecule has 2 aromatic rings. The first-order valence-electron chi connectivity index (χ1n) is 9.94. The average Bonchev–Trinajstić information content (AvgIpc) is 3.12. The summed E-state index contributed by atoms with van der Waals surface area (Å²) in [5, 5.41) is 13.6. The largest absolute Gasteiger partial charge is 0.387 e. The summed E-state index contributed by atoms with van der Waals surface area (Å²) in [6, 6.07) is 14.0. The zero-order valence-electron chi connectivity index (χ0n) is 16.2. The van der Waals surface area contributed by atoms with Gasteiger partial charge in [0.05, 0.1) is 6.10 Å². The van der Waals surface area contributed by atoms with Crippen LogP contribution in [0.3, 0.4) is 0 Å². The maximum Gasteiger partial charge on any atom is 0.0923 e. The lowest BCUT2D eigenvalue weighted by atomic mass is 9.89. The van der Waals surface area contributed by atoms with Crippen molar-refractivity contribution >= 4 is 10.8 Å². The Morgan fingerprint density at radius 2 is 1.52 bits per heavy atom. The van der Waals surface area contributed by atoms with E-state index in [1.165, 1.54) is 42.0 Å². The van der Waals surface area contributed by atoms with Crippen molar-refractivity contribution in [2.45, 2.75) is 77.5 Å². The number of aliphatic hydroxyl groups is 1. The van der Waals surface area contributed by atoms with Crippen LogP contribution in [-0.4, -0.2) is 28.6 Å². The lowest BCUT2D eigenvalue weighted by molar-refractivity contribution is 0.0764. The van der Waals surface area contributed by atoms with Gasteiger partial charge in [-0.25, -0.2) is 0 Å². The fourth-order valence-electron chi connectivity index (χ4n) is 4.55. The van der Waals surface area contributed by atoms with Crippen LogP contribution in [0.5, 0.6) is 0 Å². The van der Waals surface area contributed by atoms with Crippen molar-refractivity contribution in [2.24, 2.45) is 0 Å². The number of rotatable bonds is 6. The van der Waals surface area contributed by atoms with Crippen LogP contribution in [0.4, 0.5) is 0 Å². The zero-order valence-corrected chi connectivity index (χ0v) is 16.2. The molecule has 3 rings (SSSR count). The molecule has 1 fully saturated rings. The van der Waals surface area contributed by atoms with E-state index >= 15 is 0 Å². The summed E-state index contributed by atoms with van der Waals surface area (Å²) in [6.07, 6.45) is 4.86. The van der Waals surface area contributed by atoms with Crippen molar-refractivity contribution in [3.05, 3.63) is 47.5 Å². The smallest absolute Gasteiger partial charge is 0.0923 e. The second-order valence-electron chi connectivity index (χ2n) is 8.17. The van der Waals surface area contributed by atoms with Crippen LogP contribution in [0.25, 0.3) is 10.8 Å². The molecule has 0 bridgehead atoms. The quantitative estimate of drug-likeness (QED) is 0.735. The Labute approximate surface area is 152 Å². The van der Waals surface area contributed by atoms with Crippen molar-refractivity contribution in [2.75, 3.05) is 6.54 Å². The standard InChI is InChI=1S/C23H33NO/c1-16(2)24(17(3)4)15-23(25)22-14-13-19(18-9-5-6-10-18)20-11-7-8-12-21(20)22/h7-8,11-14,16-18,23,25H,5-6,9-10,15H2,1-4H3. The highest BCUT2D eigenvalue weighted by Gasteiger charge is 2.23. The molecule has 0 aromatic heterocycles. The van der Waals surface area contributed by atoms with Crippen molar-refractivity contribution in [3.8, 4) is 0 Å². The van der Waals surface area contributed by atoms with Gasteiger partial charge in [-0.3, -0.25) is 4.90 Å². The lowest BCUT2D eigenvalue weighted by Gasteiger charge is -2.33. The first-order valence-corrected chi connectivity index (χ1v) is 9.94. The molecule has 1 aliphatic carbocycles. The van der Waals surface area contributed by atoms with E-state index in [2.05, 4.69) is 69.0 Å². The minimum Gasteiger partial charge on any atom is -0.387 e. The fourth-order valence-corrected chi connectivity index (χ4v) is 4.55. The maximum atomic E-state index is 11.0. The molecule has 1 aliphatic rings. The maximum absolute atomic E-state index is 11.0. The molecule has 0 heterocycles. The summed E-state index contributed by atoms with van der Waals surface area (Å²) in [5.74, 6) is 0.693. The Balaban J connectivity index is 1.95. The van der Waals surface area contributed by atoms with Gasteiger partial charge in [-0.2, -0.15) is 0 Å². The van der Waals surface area contributed by atoms with Gasteiger partial charge in [0, 0.05) is 18.6 Å². The number of hydrogen-bond acceptors (Lipinski definition) is 2. The van der Waals surface area contributed by atoms with E-state index in [0.29, 0.717) is 24.5 Å². The first kappa shape index (κ1) is 18.4. The van der Waals surface area contributed by atoms with E-state index in [-0.39, 0.29) is 0 Å². The molecule has 0 saturated heterocycles. The van der Waals surface area contributed by atoms with Crippen LogP contribution in [0.1, 0.15) is 76.5 Å². The van der Waals surface area contributed by atoms with Crippen LogP contribution in [0.2, 0.25) is 0 Å². The molecule has 1 N–H and O–H groups in total. The zero-order chi connectivity index (χ0) is 18.0. The molecular weight excluding hydrogens is 306 g/mol. The molecule has 1 saturated carbocycles. The van der Waals surface area contributed by atoms with Gasteiger partial charge >= 0.3 is 0 Å². The van der Waals surface area contributed by atoms with Crippen molar-refractivity contribution in [3.63, 3.8) is 0 Å². The van der Waals surface area contributed by atoms with Gasteiger partial charge in [0.2, 0.25) is 0 Å². The number of aliphatic hydroxyl groups excluding tert-OH is 1. The van der Waals surface area contributed by atoms with Crippen LogP contribution < -0.4 is 0 Å². The van der Waals surface area contributed by atoms with Crippen LogP contribution in [0, 0.1) is 0 Å². The number of fused-ring (bicyclic) bond motifs is 1. The predicted molar refractivity (Wildman–Crippen MR) is 107 cm³/mol. The van der Waals surface area contributed by atoms with Crippen LogP contribution in [-0.2, 0) is 0 Å². The topological polar surface area (TPSA) is 23.5 Å². The molecule has 2 nitrogen and oxygen atoms in total. The fraction of sp³-hybridized carbons (Fsp3) is 0.565. The summed E-state index contributed by atoms with van der Waals surface area (Å²) in [6.45, 7) is 9.49. The third-order valence-electron chi connectivity index (χ3n) is 5.86. The number of hydrogen-bond donors (Lipinski definition) is 1.